The number of hydrogen-bond donors (Lipinski definition) is 1. The van der Waals surface area contributed by atoms with E-state index >= 15 is 0 Å². The maximum absolute atomic E-state index is 12.8. The van der Waals surface area contributed by atoms with Gasteiger partial charge in [-0.3, -0.25) is 9.80 Å². The summed E-state index contributed by atoms with van der Waals surface area (Å²) in [6.45, 7) is 6.34. The minimum absolute atomic E-state index is 0.177. The first-order chi connectivity index (χ1) is 9.28. The lowest BCUT2D eigenvalue weighted by molar-refractivity contribution is 0.117. The van der Waals surface area contributed by atoms with Crippen molar-refractivity contribution in [2.24, 2.45) is 0 Å². The number of halogens is 1. The van der Waals surface area contributed by atoms with Crippen molar-refractivity contribution in [3.8, 4) is 0 Å². The van der Waals surface area contributed by atoms with Gasteiger partial charge >= 0.3 is 0 Å². The van der Waals surface area contributed by atoms with Crippen molar-refractivity contribution in [2.45, 2.75) is 4.90 Å². The van der Waals surface area contributed by atoms with Crippen molar-refractivity contribution in [1.29, 1.82) is 0 Å². The smallest absolute Gasteiger partial charge is 0.123 e. The number of aliphatic hydroxyl groups excluding tert-OH is 1. The Morgan fingerprint density at radius 3 is 2.16 bits per heavy atom. The van der Waals surface area contributed by atoms with Crippen LogP contribution < -0.4 is 0 Å². The summed E-state index contributed by atoms with van der Waals surface area (Å²) in [7, 11) is 0. The summed E-state index contributed by atoms with van der Waals surface area (Å²) in [4.78, 5) is 5.87. The van der Waals surface area contributed by atoms with E-state index in [0.717, 1.165) is 49.9 Å². The van der Waals surface area contributed by atoms with Crippen LogP contribution in [-0.2, 0) is 0 Å². The number of thioether (sulfide) groups is 1. The number of rotatable bonds is 6. The van der Waals surface area contributed by atoms with E-state index in [0.29, 0.717) is 0 Å². The highest BCUT2D eigenvalue weighted by Gasteiger charge is 2.15. The third-order valence-electron chi connectivity index (χ3n) is 3.37. The van der Waals surface area contributed by atoms with Crippen molar-refractivity contribution >= 4 is 11.8 Å². The lowest BCUT2D eigenvalue weighted by Crippen LogP contribution is -2.47. The molecule has 0 amide bonds. The summed E-state index contributed by atoms with van der Waals surface area (Å²) >= 11 is 1.77. The predicted molar refractivity (Wildman–Crippen MR) is 77.1 cm³/mol. The van der Waals surface area contributed by atoms with Crippen LogP contribution in [0.2, 0.25) is 0 Å². The summed E-state index contributed by atoms with van der Waals surface area (Å²) < 4.78 is 12.8. The van der Waals surface area contributed by atoms with Crippen molar-refractivity contribution in [1.82, 2.24) is 9.80 Å². The van der Waals surface area contributed by atoms with E-state index in [2.05, 4.69) is 9.80 Å². The molecule has 0 aliphatic carbocycles. The van der Waals surface area contributed by atoms with Gasteiger partial charge in [0.1, 0.15) is 5.82 Å². The van der Waals surface area contributed by atoms with E-state index in [-0.39, 0.29) is 12.4 Å². The Morgan fingerprint density at radius 2 is 1.58 bits per heavy atom. The second-order valence-corrected chi connectivity index (χ2v) is 5.88. The molecule has 2 rings (SSSR count). The van der Waals surface area contributed by atoms with Gasteiger partial charge in [0.05, 0.1) is 6.61 Å². The van der Waals surface area contributed by atoms with E-state index in [9.17, 15) is 4.39 Å². The molecule has 106 valence electrons. The van der Waals surface area contributed by atoms with E-state index in [1.807, 2.05) is 12.1 Å². The molecule has 1 N–H and O–H groups in total. The van der Waals surface area contributed by atoms with Crippen molar-refractivity contribution in [3.63, 3.8) is 0 Å². The van der Waals surface area contributed by atoms with E-state index in [1.165, 1.54) is 12.1 Å². The van der Waals surface area contributed by atoms with Crippen LogP contribution in [-0.4, -0.2) is 66.5 Å². The van der Waals surface area contributed by atoms with Crippen LogP contribution in [0.25, 0.3) is 0 Å². The Hall–Kier alpha value is -0.620. The third kappa shape index (κ3) is 5.10. The molecule has 1 fully saturated rings. The first-order valence-electron chi connectivity index (χ1n) is 6.72. The molecule has 0 unspecified atom stereocenters. The van der Waals surface area contributed by atoms with Gasteiger partial charge in [-0.25, -0.2) is 4.39 Å². The molecule has 3 nitrogen and oxygen atoms in total. The van der Waals surface area contributed by atoms with Gasteiger partial charge in [0.25, 0.3) is 0 Å². The molecule has 1 aliphatic rings. The van der Waals surface area contributed by atoms with E-state index in [4.69, 9.17) is 5.11 Å². The number of aliphatic hydroxyl groups is 1. The molecule has 0 bridgehead atoms. The van der Waals surface area contributed by atoms with Crippen LogP contribution in [0.5, 0.6) is 0 Å². The molecular weight excluding hydrogens is 263 g/mol. The summed E-state index contributed by atoms with van der Waals surface area (Å²) in [6.07, 6.45) is 0. The molecule has 19 heavy (non-hydrogen) atoms. The zero-order chi connectivity index (χ0) is 13.5. The summed E-state index contributed by atoms with van der Waals surface area (Å²) in [5, 5.41) is 8.89. The van der Waals surface area contributed by atoms with Crippen LogP contribution in [0.15, 0.2) is 29.2 Å². The highest BCUT2D eigenvalue weighted by Crippen LogP contribution is 2.18. The van der Waals surface area contributed by atoms with Gasteiger partial charge in [0.15, 0.2) is 0 Å². The maximum Gasteiger partial charge on any atom is 0.123 e. The summed E-state index contributed by atoms with van der Waals surface area (Å²) in [6, 6.07) is 6.68. The molecular formula is C14H21FN2OS. The molecule has 1 aromatic carbocycles. The number of benzene rings is 1. The number of hydrogen-bond acceptors (Lipinski definition) is 4. The minimum atomic E-state index is -0.177. The Kier molecular flexibility index (Phi) is 6.10. The molecule has 1 aromatic rings. The van der Waals surface area contributed by atoms with Gasteiger partial charge in [-0.1, -0.05) is 0 Å². The molecule has 1 aliphatic heterocycles. The number of piperazine rings is 1. The van der Waals surface area contributed by atoms with Gasteiger partial charge in [0.2, 0.25) is 0 Å². The maximum atomic E-state index is 12.8. The van der Waals surface area contributed by atoms with Gasteiger partial charge in [-0.2, -0.15) is 0 Å². The normalized spacial score (nSPS) is 17.8. The lowest BCUT2D eigenvalue weighted by Gasteiger charge is -2.34. The molecule has 0 spiro atoms. The summed E-state index contributed by atoms with van der Waals surface area (Å²) in [5.41, 5.74) is 0. The highest BCUT2D eigenvalue weighted by molar-refractivity contribution is 7.99. The van der Waals surface area contributed by atoms with Crippen LogP contribution in [0.1, 0.15) is 0 Å². The molecule has 0 saturated carbocycles. The monoisotopic (exact) mass is 284 g/mol. The summed E-state index contributed by atoms with van der Waals surface area (Å²) in [5.74, 6) is 0.857. The van der Waals surface area contributed by atoms with Gasteiger partial charge in [0, 0.05) is 49.9 Å². The first kappa shape index (κ1) is 14.8. The topological polar surface area (TPSA) is 26.7 Å². The average molecular weight is 284 g/mol. The SMILES string of the molecule is OCCN1CCN(CCSc2ccc(F)cc2)CC1. The molecule has 1 saturated heterocycles. The molecule has 0 aromatic heterocycles. The first-order valence-corrected chi connectivity index (χ1v) is 7.70. The van der Waals surface area contributed by atoms with Crippen LogP contribution in [0.4, 0.5) is 4.39 Å². The Bertz CT molecular complexity index is 366. The predicted octanol–water partition coefficient (Wildman–Crippen LogP) is 1.53. The average Bonchev–Trinajstić information content (AvgIpc) is 2.43. The van der Waals surface area contributed by atoms with Gasteiger partial charge in [-0.05, 0) is 24.3 Å². The van der Waals surface area contributed by atoms with Crippen LogP contribution >= 0.6 is 11.8 Å². The van der Waals surface area contributed by atoms with Gasteiger partial charge in [-0.15, -0.1) is 11.8 Å². The zero-order valence-corrected chi connectivity index (χ0v) is 11.9. The second kappa shape index (κ2) is 7.85. The standard InChI is InChI=1S/C14H21FN2OS/c15-13-1-3-14(4-2-13)19-12-10-17-7-5-16(6-8-17)9-11-18/h1-4,18H,5-12H2. The molecule has 0 radical (unpaired) electrons. The number of β-amino-alcohol motifs (C(OH)–C–C–N with tert-alkyl or cyclic N) is 1. The lowest BCUT2D eigenvalue weighted by atomic mass is 10.3. The minimum Gasteiger partial charge on any atom is -0.395 e. The van der Waals surface area contributed by atoms with Gasteiger partial charge < -0.3 is 5.11 Å². The fourth-order valence-corrected chi connectivity index (χ4v) is 3.12. The zero-order valence-electron chi connectivity index (χ0n) is 11.1. The van der Waals surface area contributed by atoms with Crippen molar-refractivity contribution in [3.05, 3.63) is 30.1 Å². The van der Waals surface area contributed by atoms with Crippen molar-refractivity contribution < 1.29 is 9.50 Å². The fraction of sp³-hybridized carbons (Fsp3) is 0.571. The fourth-order valence-electron chi connectivity index (χ4n) is 2.20. The molecule has 0 atom stereocenters. The largest absolute Gasteiger partial charge is 0.395 e. The highest BCUT2D eigenvalue weighted by atomic mass is 32.2. The quantitative estimate of drug-likeness (QED) is 0.802. The van der Waals surface area contributed by atoms with Crippen LogP contribution in [0.3, 0.4) is 0 Å². The van der Waals surface area contributed by atoms with E-state index in [1.54, 1.807) is 11.8 Å². The van der Waals surface area contributed by atoms with Crippen molar-refractivity contribution in [2.75, 3.05) is 51.6 Å². The Balaban J connectivity index is 1.63. The third-order valence-corrected chi connectivity index (χ3v) is 4.36. The van der Waals surface area contributed by atoms with Crippen LogP contribution in [0, 0.1) is 5.82 Å². The number of nitrogens with zero attached hydrogens (tertiary/aromatic N) is 2. The molecule has 1 heterocycles. The Labute approximate surface area is 118 Å². The Morgan fingerprint density at radius 1 is 1.00 bits per heavy atom. The molecule has 5 heteroatoms. The second-order valence-electron chi connectivity index (χ2n) is 4.71. The van der Waals surface area contributed by atoms with E-state index < -0.39 is 0 Å².